The van der Waals surface area contributed by atoms with Crippen molar-refractivity contribution >= 4 is 23.6 Å². The monoisotopic (exact) mass is 451 g/mol. The first-order chi connectivity index (χ1) is 14.9. The Morgan fingerprint density at radius 3 is 2.59 bits per heavy atom. The zero-order valence-corrected chi connectivity index (χ0v) is 19.0. The maximum atomic E-state index is 13.8. The van der Waals surface area contributed by atoms with E-state index >= 15 is 0 Å². The van der Waals surface area contributed by atoms with Gasteiger partial charge in [-0.2, -0.15) is 0 Å². The lowest BCUT2D eigenvalue weighted by Crippen LogP contribution is -2.64. The van der Waals surface area contributed by atoms with E-state index in [0.29, 0.717) is 31.7 Å². The lowest BCUT2D eigenvalue weighted by molar-refractivity contribution is -0.138. The van der Waals surface area contributed by atoms with Crippen molar-refractivity contribution in [2.75, 3.05) is 25.6 Å². The third kappa shape index (κ3) is 5.12. The molecule has 0 aliphatic carbocycles. The van der Waals surface area contributed by atoms with Gasteiger partial charge in [-0.1, -0.05) is 0 Å². The number of rotatable bonds is 3. The molecule has 32 heavy (non-hydrogen) atoms. The van der Waals surface area contributed by atoms with Gasteiger partial charge < -0.3 is 24.8 Å². The van der Waals surface area contributed by atoms with Gasteiger partial charge in [0.2, 0.25) is 5.91 Å². The Balaban J connectivity index is 1.84. The lowest BCUT2D eigenvalue weighted by atomic mass is 9.85. The highest BCUT2D eigenvalue weighted by molar-refractivity contribution is 6.00. The molecule has 1 spiro atoms. The number of halogens is 1. The quantitative estimate of drug-likeness (QED) is 0.731. The summed E-state index contributed by atoms with van der Waals surface area (Å²) in [5.41, 5.74) is -1.52. The highest BCUT2D eigenvalue weighted by atomic mass is 19.1. The predicted molar refractivity (Wildman–Crippen MR) is 114 cm³/mol. The van der Waals surface area contributed by atoms with Gasteiger partial charge in [0, 0.05) is 26.0 Å². The topological polar surface area (TPSA) is 106 Å². The molecule has 1 fully saturated rings. The molecule has 2 N–H and O–H groups in total. The number of benzene rings is 1. The normalized spacial score (nSPS) is 20.8. The maximum absolute atomic E-state index is 13.8. The van der Waals surface area contributed by atoms with Gasteiger partial charge in [-0.25, -0.2) is 9.18 Å². The molecule has 2 atom stereocenters. The molecule has 0 aromatic heterocycles. The molecule has 2 aliphatic heterocycles. The van der Waals surface area contributed by atoms with Gasteiger partial charge in [-0.15, -0.1) is 0 Å². The SMILES string of the molecule is CC(C(=O)NC1C(=O)Nc2ccc(F)cc2OC12CCOCC2)N(C)C(=O)OC(C)(C)C. The number of ether oxygens (including phenoxy) is 3. The molecule has 2 aliphatic rings. The van der Waals surface area contributed by atoms with E-state index in [1.165, 1.54) is 32.2 Å². The van der Waals surface area contributed by atoms with Crippen LogP contribution in [-0.4, -0.2) is 66.4 Å². The van der Waals surface area contributed by atoms with Crippen LogP contribution < -0.4 is 15.4 Å². The fourth-order valence-corrected chi connectivity index (χ4v) is 3.64. The van der Waals surface area contributed by atoms with Crippen LogP contribution in [0.3, 0.4) is 0 Å². The standard InChI is InChI=1S/C22H30FN3O6/c1-13(26(5)20(29)32-21(2,3)4)18(27)25-17-19(28)24-15-7-6-14(23)12-16(15)31-22(17)8-10-30-11-9-22/h6-7,12-13,17H,8-11H2,1-5H3,(H,24,28)(H,25,27). The molecule has 0 saturated carbocycles. The Morgan fingerprint density at radius 1 is 1.31 bits per heavy atom. The predicted octanol–water partition coefficient (Wildman–Crippen LogP) is 2.45. The van der Waals surface area contributed by atoms with Crippen LogP contribution in [0.5, 0.6) is 5.75 Å². The Hall–Kier alpha value is -2.88. The van der Waals surface area contributed by atoms with E-state index < -0.39 is 47.0 Å². The minimum Gasteiger partial charge on any atom is -0.482 e. The Labute approximate surface area is 186 Å². The summed E-state index contributed by atoms with van der Waals surface area (Å²) in [5, 5.41) is 5.45. The second-order valence-corrected chi connectivity index (χ2v) is 9.12. The number of nitrogens with one attached hydrogen (secondary N) is 2. The summed E-state index contributed by atoms with van der Waals surface area (Å²) >= 11 is 0. The van der Waals surface area contributed by atoms with Crippen LogP contribution in [0.25, 0.3) is 0 Å². The average molecular weight is 451 g/mol. The number of hydrogen-bond acceptors (Lipinski definition) is 6. The van der Waals surface area contributed by atoms with Gasteiger partial charge in [-0.3, -0.25) is 14.5 Å². The molecule has 0 radical (unpaired) electrons. The second-order valence-electron chi connectivity index (χ2n) is 9.12. The fraction of sp³-hybridized carbons (Fsp3) is 0.591. The van der Waals surface area contributed by atoms with Gasteiger partial charge in [0.1, 0.15) is 34.9 Å². The fourth-order valence-electron chi connectivity index (χ4n) is 3.64. The van der Waals surface area contributed by atoms with Crippen molar-refractivity contribution in [3.05, 3.63) is 24.0 Å². The number of fused-ring (bicyclic) bond motifs is 1. The van der Waals surface area contributed by atoms with E-state index in [1.807, 2.05) is 0 Å². The van der Waals surface area contributed by atoms with Crippen LogP contribution in [0.2, 0.25) is 0 Å². The van der Waals surface area contributed by atoms with Gasteiger partial charge >= 0.3 is 6.09 Å². The van der Waals surface area contributed by atoms with Crippen LogP contribution in [0, 0.1) is 5.82 Å². The molecule has 2 heterocycles. The zero-order chi connectivity index (χ0) is 23.7. The molecular formula is C22H30FN3O6. The van der Waals surface area contributed by atoms with Crippen molar-refractivity contribution in [1.82, 2.24) is 10.2 Å². The van der Waals surface area contributed by atoms with Crippen molar-refractivity contribution in [1.29, 1.82) is 0 Å². The summed E-state index contributed by atoms with van der Waals surface area (Å²) in [4.78, 5) is 39.7. The van der Waals surface area contributed by atoms with Crippen molar-refractivity contribution in [3.63, 3.8) is 0 Å². The number of likely N-dealkylation sites (N-methyl/N-ethyl adjacent to an activating group) is 1. The van der Waals surface area contributed by atoms with Crippen molar-refractivity contribution in [3.8, 4) is 5.75 Å². The smallest absolute Gasteiger partial charge is 0.410 e. The molecule has 3 rings (SSSR count). The van der Waals surface area contributed by atoms with Gasteiger partial charge in [0.25, 0.3) is 5.91 Å². The van der Waals surface area contributed by atoms with Crippen molar-refractivity contribution < 1.29 is 33.0 Å². The highest BCUT2D eigenvalue weighted by Gasteiger charge is 2.50. The summed E-state index contributed by atoms with van der Waals surface area (Å²) in [7, 11) is 1.45. The molecule has 1 aromatic carbocycles. The molecule has 2 unspecified atom stereocenters. The number of carbonyl (C=O) groups is 3. The van der Waals surface area contributed by atoms with Crippen molar-refractivity contribution in [2.24, 2.45) is 0 Å². The third-order valence-electron chi connectivity index (χ3n) is 5.57. The summed E-state index contributed by atoms with van der Waals surface area (Å²) in [6.45, 7) is 7.36. The molecule has 1 aromatic rings. The van der Waals surface area contributed by atoms with Crippen LogP contribution in [0.15, 0.2) is 18.2 Å². The number of carbonyl (C=O) groups excluding carboxylic acids is 3. The lowest BCUT2D eigenvalue weighted by Gasteiger charge is -2.41. The Bertz CT molecular complexity index is 894. The summed E-state index contributed by atoms with van der Waals surface area (Å²) in [6, 6.07) is 1.84. The first-order valence-electron chi connectivity index (χ1n) is 10.6. The van der Waals surface area contributed by atoms with Crippen LogP contribution >= 0.6 is 0 Å². The van der Waals surface area contributed by atoms with E-state index in [1.54, 1.807) is 20.8 Å². The highest BCUT2D eigenvalue weighted by Crippen LogP contribution is 2.38. The molecule has 10 heteroatoms. The van der Waals surface area contributed by atoms with Crippen molar-refractivity contribution in [2.45, 2.75) is 63.8 Å². The van der Waals surface area contributed by atoms with E-state index in [4.69, 9.17) is 14.2 Å². The van der Waals surface area contributed by atoms with Crippen LogP contribution in [-0.2, 0) is 19.1 Å². The average Bonchev–Trinajstić information content (AvgIpc) is 2.81. The molecule has 3 amide bonds. The molecule has 176 valence electrons. The summed E-state index contributed by atoms with van der Waals surface area (Å²) in [5.74, 6) is -1.35. The first-order valence-corrected chi connectivity index (χ1v) is 10.6. The molecule has 9 nitrogen and oxygen atoms in total. The van der Waals surface area contributed by atoms with E-state index in [2.05, 4.69) is 10.6 Å². The van der Waals surface area contributed by atoms with Crippen LogP contribution in [0.4, 0.5) is 14.9 Å². The second kappa shape index (κ2) is 8.93. The van der Waals surface area contributed by atoms with E-state index in [-0.39, 0.29) is 5.75 Å². The zero-order valence-electron chi connectivity index (χ0n) is 19.0. The number of amides is 3. The van der Waals surface area contributed by atoms with E-state index in [9.17, 15) is 18.8 Å². The van der Waals surface area contributed by atoms with Gasteiger partial charge in [0.05, 0.1) is 18.9 Å². The molecule has 1 saturated heterocycles. The van der Waals surface area contributed by atoms with Gasteiger partial charge in [0.15, 0.2) is 0 Å². The third-order valence-corrected chi connectivity index (χ3v) is 5.57. The largest absolute Gasteiger partial charge is 0.482 e. The number of nitrogens with zero attached hydrogens (tertiary/aromatic N) is 1. The summed E-state index contributed by atoms with van der Waals surface area (Å²) in [6.07, 6.45) is -0.0275. The maximum Gasteiger partial charge on any atom is 0.410 e. The van der Waals surface area contributed by atoms with E-state index in [0.717, 1.165) is 4.90 Å². The minimum atomic E-state index is -1.12. The number of hydrogen-bond donors (Lipinski definition) is 2. The molecular weight excluding hydrogens is 421 g/mol. The molecule has 0 bridgehead atoms. The van der Waals surface area contributed by atoms with Crippen LogP contribution in [0.1, 0.15) is 40.5 Å². The summed E-state index contributed by atoms with van der Waals surface area (Å²) < 4.78 is 30.8. The Morgan fingerprint density at radius 2 is 1.97 bits per heavy atom. The first kappa shape index (κ1) is 23.8. The minimum absolute atomic E-state index is 0.191. The van der Waals surface area contributed by atoms with Gasteiger partial charge in [-0.05, 0) is 39.8 Å². The number of anilines is 1. The Kier molecular flexibility index (Phi) is 6.64.